The first-order valence-electron chi connectivity index (χ1n) is 5.13. The summed E-state index contributed by atoms with van der Waals surface area (Å²) in [6.45, 7) is 1.80. The topological polar surface area (TPSA) is 95.4 Å². The van der Waals surface area contributed by atoms with E-state index in [2.05, 4.69) is 24.3 Å². The molecule has 0 aliphatic heterocycles. The summed E-state index contributed by atoms with van der Waals surface area (Å²) in [7, 11) is 0. The van der Waals surface area contributed by atoms with Gasteiger partial charge >= 0.3 is 0 Å². The molecule has 0 amide bonds. The molecular formula is C9H8ClN7S. The summed E-state index contributed by atoms with van der Waals surface area (Å²) < 4.78 is 9.90. The van der Waals surface area contributed by atoms with Crippen LogP contribution < -0.4 is 5.73 Å². The number of benzene rings is 1. The van der Waals surface area contributed by atoms with Gasteiger partial charge in [-0.1, -0.05) is 11.6 Å². The van der Waals surface area contributed by atoms with Gasteiger partial charge < -0.3 is 5.73 Å². The Labute approximate surface area is 111 Å². The Hall–Kier alpha value is -1.64. The zero-order chi connectivity index (χ0) is 12.7. The first-order valence-corrected chi connectivity index (χ1v) is 6.24. The molecule has 0 radical (unpaired) electrons. The Kier molecular flexibility index (Phi) is 2.69. The summed E-state index contributed by atoms with van der Waals surface area (Å²) in [4.78, 5) is 0. The van der Waals surface area contributed by atoms with E-state index < -0.39 is 0 Å². The molecule has 0 saturated carbocycles. The van der Waals surface area contributed by atoms with Gasteiger partial charge in [0.1, 0.15) is 16.7 Å². The number of hydrogen-bond acceptors (Lipinski definition) is 7. The maximum absolute atomic E-state index is 6.21. The normalized spacial score (nSPS) is 13.1. The second-order valence-electron chi connectivity index (χ2n) is 3.77. The van der Waals surface area contributed by atoms with Crippen LogP contribution in [0.25, 0.3) is 16.7 Å². The summed E-state index contributed by atoms with van der Waals surface area (Å²) in [5.41, 5.74) is 7.86. The van der Waals surface area contributed by atoms with Crippen LogP contribution in [0.15, 0.2) is 12.1 Å². The number of halogens is 1. The van der Waals surface area contributed by atoms with E-state index >= 15 is 0 Å². The fourth-order valence-corrected chi connectivity index (χ4v) is 2.42. The number of nitrogens with two attached hydrogens (primary N) is 1. The molecule has 18 heavy (non-hydrogen) atoms. The second kappa shape index (κ2) is 4.23. The first-order chi connectivity index (χ1) is 8.68. The molecule has 2 aromatic heterocycles. The molecule has 9 heteroatoms. The average Bonchev–Trinajstić information content (AvgIpc) is 2.95. The van der Waals surface area contributed by atoms with Crippen LogP contribution in [-0.2, 0) is 0 Å². The highest BCUT2D eigenvalue weighted by Crippen LogP contribution is 2.29. The molecule has 7 nitrogen and oxygen atoms in total. The van der Waals surface area contributed by atoms with Gasteiger partial charge in [-0.15, -0.1) is 5.10 Å². The van der Waals surface area contributed by atoms with Crippen LogP contribution in [0.1, 0.15) is 18.8 Å². The lowest BCUT2D eigenvalue weighted by atomic mass is 10.2. The van der Waals surface area contributed by atoms with Crippen LogP contribution in [-0.4, -0.2) is 29.0 Å². The van der Waals surface area contributed by atoms with Gasteiger partial charge in [0.2, 0.25) is 0 Å². The summed E-state index contributed by atoms with van der Waals surface area (Å²) in [5, 5.41) is 12.0. The maximum atomic E-state index is 6.21. The van der Waals surface area contributed by atoms with Gasteiger partial charge in [-0.3, -0.25) is 0 Å². The van der Waals surface area contributed by atoms with Crippen LogP contribution in [0.2, 0.25) is 5.02 Å². The van der Waals surface area contributed by atoms with Crippen LogP contribution in [0.4, 0.5) is 0 Å². The summed E-state index contributed by atoms with van der Waals surface area (Å²) in [6, 6.07) is 3.24. The lowest BCUT2D eigenvalue weighted by molar-refractivity contribution is 0.690. The summed E-state index contributed by atoms with van der Waals surface area (Å²) in [6.07, 6.45) is 0. The lowest BCUT2D eigenvalue weighted by Gasteiger charge is -2.08. The molecule has 0 aliphatic rings. The molecule has 1 atom stereocenters. The number of hydrogen-bond donors (Lipinski definition) is 1. The molecular weight excluding hydrogens is 274 g/mol. The zero-order valence-electron chi connectivity index (χ0n) is 9.28. The Morgan fingerprint density at radius 3 is 3.00 bits per heavy atom. The molecule has 0 fully saturated rings. The van der Waals surface area contributed by atoms with Gasteiger partial charge in [-0.2, -0.15) is 13.4 Å². The van der Waals surface area contributed by atoms with Crippen LogP contribution in [0, 0.1) is 0 Å². The minimum absolute atomic E-state index is 0.307. The quantitative estimate of drug-likeness (QED) is 0.761. The molecule has 1 unspecified atom stereocenters. The van der Waals surface area contributed by atoms with Crippen molar-refractivity contribution < 1.29 is 0 Å². The van der Waals surface area contributed by atoms with Crippen LogP contribution in [0.3, 0.4) is 0 Å². The smallest absolute Gasteiger partial charge is 0.173 e. The van der Waals surface area contributed by atoms with Gasteiger partial charge in [0.05, 0.1) is 22.8 Å². The fourth-order valence-electron chi connectivity index (χ4n) is 1.65. The van der Waals surface area contributed by atoms with Crippen molar-refractivity contribution in [3.8, 4) is 5.69 Å². The Morgan fingerprint density at radius 2 is 2.22 bits per heavy atom. The molecule has 0 spiro atoms. The summed E-state index contributed by atoms with van der Waals surface area (Å²) >= 11 is 7.32. The molecule has 1 aromatic carbocycles. The largest absolute Gasteiger partial charge is 0.321 e. The van der Waals surface area contributed by atoms with E-state index in [1.54, 1.807) is 19.1 Å². The Bertz CT molecular complexity index is 704. The number of aromatic nitrogens is 6. The molecule has 0 bridgehead atoms. The van der Waals surface area contributed by atoms with E-state index in [1.807, 2.05) is 0 Å². The predicted molar refractivity (Wildman–Crippen MR) is 67.7 cm³/mol. The van der Waals surface area contributed by atoms with Gasteiger partial charge in [0, 0.05) is 0 Å². The van der Waals surface area contributed by atoms with Crippen molar-refractivity contribution in [2.75, 3.05) is 0 Å². The van der Waals surface area contributed by atoms with Crippen molar-refractivity contribution in [1.82, 2.24) is 29.0 Å². The van der Waals surface area contributed by atoms with Crippen molar-refractivity contribution in [2.24, 2.45) is 5.73 Å². The molecule has 92 valence electrons. The maximum Gasteiger partial charge on any atom is 0.173 e. The van der Waals surface area contributed by atoms with E-state index in [4.69, 9.17) is 17.3 Å². The molecule has 3 aromatic rings. The van der Waals surface area contributed by atoms with Gasteiger partial charge in [0.15, 0.2) is 5.82 Å². The molecule has 2 heterocycles. The van der Waals surface area contributed by atoms with Crippen molar-refractivity contribution in [3.63, 3.8) is 0 Å². The second-order valence-corrected chi connectivity index (χ2v) is 4.70. The van der Waals surface area contributed by atoms with Crippen LogP contribution >= 0.6 is 23.3 Å². The number of fused-ring (bicyclic) bond motifs is 1. The highest BCUT2D eigenvalue weighted by atomic mass is 35.5. The van der Waals surface area contributed by atoms with Crippen LogP contribution in [0.5, 0.6) is 0 Å². The van der Waals surface area contributed by atoms with Crippen molar-refractivity contribution in [3.05, 3.63) is 23.0 Å². The van der Waals surface area contributed by atoms with Gasteiger partial charge in [0.25, 0.3) is 0 Å². The van der Waals surface area contributed by atoms with E-state index in [9.17, 15) is 0 Å². The third-order valence-electron chi connectivity index (χ3n) is 2.46. The predicted octanol–water partition coefficient (Wildman–Crippen LogP) is 1.34. The monoisotopic (exact) mass is 281 g/mol. The fraction of sp³-hybridized carbons (Fsp3) is 0.222. The standard InChI is InChI=1S/C9H8ClN7S/c1-4(11)9-12-15-16-17(9)8-5(10)2-3-6-7(8)14-18-13-6/h2-4H,11H2,1H3. The summed E-state index contributed by atoms with van der Waals surface area (Å²) in [5.74, 6) is 0.525. The number of rotatable bonds is 2. The molecule has 2 N–H and O–H groups in total. The molecule has 3 rings (SSSR count). The van der Waals surface area contributed by atoms with Crippen molar-refractivity contribution >= 4 is 34.4 Å². The SMILES string of the molecule is CC(N)c1nnnn1-c1c(Cl)ccc2nsnc12. The lowest BCUT2D eigenvalue weighted by Crippen LogP contribution is -2.14. The average molecular weight is 282 g/mol. The Morgan fingerprint density at radius 1 is 1.39 bits per heavy atom. The third kappa shape index (κ3) is 1.65. The third-order valence-corrected chi connectivity index (χ3v) is 3.31. The minimum Gasteiger partial charge on any atom is -0.321 e. The highest BCUT2D eigenvalue weighted by Gasteiger charge is 2.18. The van der Waals surface area contributed by atoms with E-state index in [-0.39, 0.29) is 6.04 Å². The van der Waals surface area contributed by atoms with Crippen molar-refractivity contribution in [2.45, 2.75) is 13.0 Å². The van der Waals surface area contributed by atoms with Gasteiger partial charge in [-0.05, 0) is 29.5 Å². The number of nitrogens with zero attached hydrogens (tertiary/aromatic N) is 6. The molecule has 0 saturated heterocycles. The van der Waals surface area contributed by atoms with E-state index in [1.165, 1.54) is 4.68 Å². The van der Waals surface area contributed by atoms with Crippen molar-refractivity contribution in [1.29, 1.82) is 0 Å². The Balaban J connectivity index is 2.33. The molecule has 0 aliphatic carbocycles. The van der Waals surface area contributed by atoms with E-state index in [0.717, 1.165) is 17.2 Å². The number of tetrazole rings is 1. The highest BCUT2D eigenvalue weighted by molar-refractivity contribution is 7.00. The van der Waals surface area contributed by atoms with E-state index in [0.29, 0.717) is 22.1 Å². The first kappa shape index (κ1) is 11.5. The minimum atomic E-state index is -0.307. The van der Waals surface area contributed by atoms with Gasteiger partial charge in [-0.25, -0.2) is 0 Å². The zero-order valence-corrected chi connectivity index (χ0v) is 10.9.